The van der Waals surface area contributed by atoms with Crippen molar-refractivity contribution in [1.82, 2.24) is 4.98 Å². The fourth-order valence-corrected chi connectivity index (χ4v) is 1.16. The van der Waals surface area contributed by atoms with Crippen molar-refractivity contribution in [2.75, 3.05) is 0 Å². The number of pyridine rings is 1. The van der Waals surface area contributed by atoms with E-state index in [0.717, 1.165) is 16.8 Å². The monoisotopic (exact) mass is 158 g/mol. The summed E-state index contributed by atoms with van der Waals surface area (Å²) >= 11 is 0. The van der Waals surface area contributed by atoms with E-state index in [1.165, 1.54) is 0 Å². The Balaban J connectivity index is 3.46. The van der Waals surface area contributed by atoms with Gasteiger partial charge in [0.25, 0.3) is 0 Å². The largest absolute Gasteiger partial charge is 0.260 e. The minimum absolute atomic E-state index is 0.621. The fourth-order valence-electron chi connectivity index (χ4n) is 1.16. The maximum atomic E-state index is 8.70. The molecule has 0 spiro atoms. The zero-order valence-electron chi connectivity index (χ0n) is 7.26. The summed E-state index contributed by atoms with van der Waals surface area (Å²) in [5.41, 5.74) is 3.46. The Hall–Kier alpha value is -1.62. The third-order valence-electron chi connectivity index (χ3n) is 1.91. The Morgan fingerprint density at radius 3 is 2.75 bits per heavy atom. The van der Waals surface area contributed by atoms with Crippen LogP contribution in [0.15, 0.2) is 12.8 Å². The van der Waals surface area contributed by atoms with Crippen LogP contribution in [0.5, 0.6) is 0 Å². The van der Waals surface area contributed by atoms with E-state index in [0.29, 0.717) is 5.56 Å². The number of aryl methyl sites for hydroxylation is 1. The molecule has 0 aliphatic carbocycles. The molecule has 0 saturated heterocycles. The van der Waals surface area contributed by atoms with Crippen LogP contribution >= 0.6 is 0 Å². The van der Waals surface area contributed by atoms with Crippen molar-refractivity contribution in [1.29, 1.82) is 5.26 Å². The molecule has 0 saturated carbocycles. The molecule has 60 valence electrons. The molecule has 2 heteroatoms. The maximum absolute atomic E-state index is 8.70. The van der Waals surface area contributed by atoms with E-state index in [4.69, 9.17) is 5.26 Å². The number of rotatable bonds is 1. The van der Waals surface area contributed by atoms with Crippen molar-refractivity contribution in [2.45, 2.75) is 13.8 Å². The van der Waals surface area contributed by atoms with E-state index in [1.54, 1.807) is 12.3 Å². The predicted octanol–water partition coefficient (Wildman–Crippen LogP) is 2.21. The molecule has 1 aromatic heterocycles. The van der Waals surface area contributed by atoms with Crippen molar-refractivity contribution in [3.63, 3.8) is 0 Å². The normalized spacial score (nSPS) is 9.08. The highest BCUT2D eigenvalue weighted by molar-refractivity contribution is 5.57. The number of hydrogen-bond acceptors (Lipinski definition) is 2. The molecule has 1 aromatic rings. The Morgan fingerprint density at radius 2 is 2.25 bits per heavy atom. The number of hydrogen-bond donors (Lipinski definition) is 0. The fraction of sp³-hybridized carbons (Fsp3) is 0.200. The standard InChI is InChI=1S/C10H10N2/c1-4-10-7(2)9(5-11)6-12-8(10)3/h4,6H,1H2,2-3H3. The van der Waals surface area contributed by atoms with Crippen LogP contribution in [0.4, 0.5) is 0 Å². The van der Waals surface area contributed by atoms with E-state index in [1.807, 2.05) is 13.8 Å². The predicted molar refractivity (Wildman–Crippen MR) is 48.5 cm³/mol. The number of nitriles is 1. The van der Waals surface area contributed by atoms with Crippen LogP contribution in [-0.4, -0.2) is 4.98 Å². The van der Waals surface area contributed by atoms with Gasteiger partial charge in [-0.05, 0) is 25.0 Å². The highest BCUT2D eigenvalue weighted by atomic mass is 14.7. The van der Waals surface area contributed by atoms with Gasteiger partial charge >= 0.3 is 0 Å². The number of aromatic nitrogens is 1. The third-order valence-corrected chi connectivity index (χ3v) is 1.91. The molecule has 1 rings (SSSR count). The van der Waals surface area contributed by atoms with Gasteiger partial charge in [0.1, 0.15) is 6.07 Å². The summed E-state index contributed by atoms with van der Waals surface area (Å²) in [6.07, 6.45) is 3.33. The van der Waals surface area contributed by atoms with Crippen molar-refractivity contribution in [2.24, 2.45) is 0 Å². The van der Waals surface area contributed by atoms with Gasteiger partial charge in [0.2, 0.25) is 0 Å². The molecular formula is C10H10N2. The summed E-state index contributed by atoms with van der Waals surface area (Å²) in [6, 6.07) is 2.09. The minimum atomic E-state index is 0.621. The van der Waals surface area contributed by atoms with Gasteiger partial charge in [0, 0.05) is 11.9 Å². The summed E-state index contributed by atoms with van der Waals surface area (Å²) in [7, 11) is 0. The molecule has 2 nitrogen and oxygen atoms in total. The molecular weight excluding hydrogens is 148 g/mol. The Bertz CT molecular complexity index is 359. The Labute approximate surface area is 72.2 Å². The zero-order valence-corrected chi connectivity index (χ0v) is 7.26. The van der Waals surface area contributed by atoms with Crippen LogP contribution in [-0.2, 0) is 0 Å². The van der Waals surface area contributed by atoms with Crippen LogP contribution < -0.4 is 0 Å². The molecule has 0 aliphatic rings. The molecule has 0 unspecified atom stereocenters. The average molecular weight is 158 g/mol. The molecule has 0 aromatic carbocycles. The van der Waals surface area contributed by atoms with Crippen LogP contribution in [0, 0.1) is 25.2 Å². The first-order valence-corrected chi connectivity index (χ1v) is 3.69. The quantitative estimate of drug-likeness (QED) is 0.628. The first-order valence-electron chi connectivity index (χ1n) is 3.69. The first kappa shape index (κ1) is 8.48. The zero-order chi connectivity index (χ0) is 9.14. The third kappa shape index (κ3) is 1.22. The number of nitrogens with zero attached hydrogens (tertiary/aromatic N) is 2. The molecule has 0 fully saturated rings. The summed E-state index contributed by atoms with van der Waals surface area (Å²) in [5.74, 6) is 0. The highest BCUT2D eigenvalue weighted by Gasteiger charge is 2.04. The van der Waals surface area contributed by atoms with Gasteiger partial charge in [-0.2, -0.15) is 5.26 Å². The molecule has 0 atom stereocenters. The van der Waals surface area contributed by atoms with E-state index in [9.17, 15) is 0 Å². The van der Waals surface area contributed by atoms with E-state index < -0.39 is 0 Å². The lowest BCUT2D eigenvalue weighted by Gasteiger charge is -2.04. The smallest absolute Gasteiger partial charge is 0.101 e. The topological polar surface area (TPSA) is 36.7 Å². The van der Waals surface area contributed by atoms with Crippen molar-refractivity contribution < 1.29 is 0 Å². The van der Waals surface area contributed by atoms with Crippen LogP contribution in [0.25, 0.3) is 6.08 Å². The van der Waals surface area contributed by atoms with Crippen molar-refractivity contribution in [3.05, 3.63) is 35.2 Å². The molecule has 0 amide bonds. The Morgan fingerprint density at radius 1 is 1.58 bits per heavy atom. The summed E-state index contributed by atoms with van der Waals surface area (Å²) in [6.45, 7) is 7.49. The lowest BCUT2D eigenvalue weighted by molar-refractivity contribution is 1.15. The maximum Gasteiger partial charge on any atom is 0.101 e. The van der Waals surface area contributed by atoms with E-state index in [2.05, 4.69) is 17.6 Å². The van der Waals surface area contributed by atoms with Gasteiger partial charge in [0.05, 0.1) is 5.56 Å². The molecule has 0 radical (unpaired) electrons. The first-order chi connectivity index (χ1) is 5.70. The van der Waals surface area contributed by atoms with Crippen LogP contribution in [0.2, 0.25) is 0 Å². The van der Waals surface area contributed by atoms with Gasteiger partial charge in [-0.3, -0.25) is 4.98 Å². The minimum Gasteiger partial charge on any atom is -0.260 e. The van der Waals surface area contributed by atoms with Gasteiger partial charge in [-0.15, -0.1) is 0 Å². The second-order valence-corrected chi connectivity index (χ2v) is 2.61. The Kier molecular flexibility index (Phi) is 2.25. The van der Waals surface area contributed by atoms with Gasteiger partial charge in [0.15, 0.2) is 0 Å². The average Bonchev–Trinajstić information content (AvgIpc) is 2.06. The van der Waals surface area contributed by atoms with Crippen molar-refractivity contribution >= 4 is 6.08 Å². The molecule has 0 bridgehead atoms. The van der Waals surface area contributed by atoms with Crippen LogP contribution in [0.3, 0.4) is 0 Å². The highest BCUT2D eigenvalue weighted by Crippen LogP contribution is 2.15. The van der Waals surface area contributed by atoms with Crippen molar-refractivity contribution in [3.8, 4) is 6.07 Å². The summed E-state index contributed by atoms with van der Waals surface area (Å²) in [5, 5.41) is 8.70. The lowest BCUT2D eigenvalue weighted by atomic mass is 10.0. The van der Waals surface area contributed by atoms with E-state index >= 15 is 0 Å². The van der Waals surface area contributed by atoms with Gasteiger partial charge in [-0.1, -0.05) is 12.7 Å². The molecule has 0 N–H and O–H groups in total. The summed E-state index contributed by atoms with van der Waals surface area (Å²) < 4.78 is 0. The SMILES string of the molecule is C=Cc1c(C)ncc(C#N)c1C. The molecule has 0 aliphatic heterocycles. The van der Waals surface area contributed by atoms with Gasteiger partial charge < -0.3 is 0 Å². The van der Waals surface area contributed by atoms with E-state index in [-0.39, 0.29) is 0 Å². The molecule has 1 heterocycles. The second-order valence-electron chi connectivity index (χ2n) is 2.61. The van der Waals surface area contributed by atoms with Gasteiger partial charge in [-0.25, -0.2) is 0 Å². The van der Waals surface area contributed by atoms with Crippen LogP contribution in [0.1, 0.15) is 22.4 Å². The second kappa shape index (κ2) is 3.19. The molecule has 12 heavy (non-hydrogen) atoms. The summed E-state index contributed by atoms with van der Waals surface area (Å²) in [4.78, 5) is 4.09. The lowest BCUT2D eigenvalue weighted by Crippen LogP contribution is -1.94.